The van der Waals surface area contributed by atoms with E-state index in [4.69, 9.17) is 15.6 Å². The van der Waals surface area contributed by atoms with E-state index >= 15 is 0 Å². The number of para-hydroxylation sites is 1. The van der Waals surface area contributed by atoms with Gasteiger partial charge < -0.3 is 14.6 Å². The molecule has 3 aromatic rings. The van der Waals surface area contributed by atoms with Gasteiger partial charge in [0.25, 0.3) is 0 Å². The van der Waals surface area contributed by atoms with E-state index in [1.807, 2.05) is 50.5 Å². The second kappa shape index (κ2) is 9.19. The second-order valence-electron chi connectivity index (χ2n) is 7.76. The predicted molar refractivity (Wildman–Crippen MR) is 114 cm³/mol. The number of benzene rings is 1. The Balaban J connectivity index is 1.93. The van der Waals surface area contributed by atoms with Crippen molar-refractivity contribution in [2.75, 3.05) is 6.61 Å². The van der Waals surface area contributed by atoms with E-state index < -0.39 is 5.54 Å². The topological polar surface area (TPSA) is 124 Å². The Bertz CT molecular complexity index is 1060. The van der Waals surface area contributed by atoms with Gasteiger partial charge in [-0.2, -0.15) is 0 Å². The van der Waals surface area contributed by atoms with E-state index in [1.165, 1.54) is 0 Å². The van der Waals surface area contributed by atoms with Gasteiger partial charge in [-0.3, -0.25) is 20.0 Å². The minimum atomic E-state index is -0.588. The first-order valence-corrected chi connectivity index (χ1v) is 9.95. The van der Waals surface area contributed by atoms with Gasteiger partial charge in [0, 0.05) is 31.4 Å². The number of hydrazine groups is 1. The first-order valence-electron chi connectivity index (χ1n) is 9.95. The van der Waals surface area contributed by atoms with Crippen molar-refractivity contribution >= 4 is 33.8 Å². The van der Waals surface area contributed by atoms with Gasteiger partial charge in [-0.25, -0.2) is 10.8 Å². The molecule has 0 aliphatic carbocycles. The summed E-state index contributed by atoms with van der Waals surface area (Å²) < 4.78 is 7.71. The first-order chi connectivity index (χ1) is 14.3. The van der Waals surface area contributed by atoms with Gasteiger partial charge in [0.15, 0.2) is 0 Å². The van der Waals surface area contributed by atoms with Gasteiger partial charge in [-0.05, 0) is 26.8 Å². The molecule has 2 aromatic heterocycles. The number of nitrogens with zero attached hydrogens (tertiary/aromatic N) is 3. The number of imidazole rings is 1. The number of rotatable bonds is 9. The number of carbonyl (C=O) groups is 2. The third-order valence-electron chi connectivity index (χ3n) is 4.77. The molecule has 9 heteroatoms. The Hall–Kier alpha value is -3.04. The minimum Gasteiger partial charge on any atom is -0.374 e. The van der Waals surface area contributed by atoms with Crippen molar-refractivity contribution in [3.63, 3.8) is 0 Å². The van der Waals surface area contributed by atoms with Crippen LogP contribution in [-0.4, -0.2) is 38.5 Å². The highest BCUT2D eigenvalue weighted by atomic mass is 16.5. The van der Waals surface area contributed by atoms with Crippen molar-refractivity contribution in [1.29, 1.82) is 0 Å². The molecule has 0 bridgehead atoms. The van der Waals surface area contributed by atoms with Crippen molar-refractivity contribution in [3.8, 4) is 0 Å². The van der Waals surface area contributed by atoms with E-state index in [0.717, 1.165) is 27.8 Å². The van der Waals surface area contributed by atoms with Crippen LogP contribution < -0.4 is 16.6 Å². The van der Waals surface area contributed by atoms with Crippen molar-refractivity contribution in [3.05, 3.63) is 36.3 Å². The number of aromatic nitrogens is 3. The Morgan fingerprint density at radius 1 is 1.17 bits per heavy atom. The average Bonchev–Trinajstić information content (AvgIpc) is 3.07. The Kier molecular flexibility index (Phi) is 6.63. The molecule has 0 radical (unpaired) electrons. The zero-order valence-electron chi connectivity index (χ0n) is 17.6. The number of pyridine rings is 1. The minimum absolute atomic E-state index is 0.0400. The third-order valence-corrected chi connectivity index (χ3v) is 4.77. The predicted octanol–water partition coefficient (Wildman–Crippen LogP) is 1.79. The van der Waals surface area contributed by atoms with Gasteiger partial charge in [0.2, 0.25) is 11.8 Å². The number of hydrogen-bond acceptors (Lipinski definition) is 6. The number of carbonyl (C=O) groups excluding carboxylic acids is 2. The summed E-state index contributed by atoms with van der Waals surface area (Å²) in [6.07, 6.45) is 1.87. The molecule has 0 aliphatic heterocycles. The summed E-state index contributed by atoms with van der Waals surface area (Å²) in [6, 6.07) is 7.90. The molecular weight excluding hydrogens is 384 g/mol. The maximum absolute atomic E-state index is 12.3. The van der Waals surface area contributed by atoms with E-state index in [2.05, 4.69) is 14.9 Å². The lowest BCUT2D eigenvalue weighted by atomic mass is 10.0. The maximum atomic E-state index is 12.3. The summed E-state index contributed by atoms with van der Waals surface area (Å²) in [5, 5.41) is 4.00. The van der Waals surface area contributed by atoms with Crippen molar-refractivity contribution in [1.82, 2.24) is 25.3 Å². The van der Waals surface area contributed by atoms with Gasteiger partial charge in [0.05, 0.1) is 22.8 Å². The fourth-order valence-electron chi connectivity index (χ4n) is 3.46. The third kappa shape index (κ3) is 4.92. The molecule has 30 heavy (non-hydrogen) atoms. The number of nitrogens with two attached hydrogens (primary N) is 1. The molecule has 9 nitrogen and oxygen atoms in total. The van der Waals surface area contributed by atoms with Crippen LogP contribution in [0.5, 0.6) is 0 Å². The zero-order chi connectivity index (χ0) is 21.7. The maximum Gasteiger partial charge on any atom is 0.234 e. The summed E-state index contributed by atoms with van der Waals surface area (Å²) in [5.41, 5.74) is 4.06. The van der Waals surface area contributed by atoms with Crippen LogP contribution in [0.15, 0.2) is 30.5 Å². The Labute approximate surface area is 175 Å². The van der Waals surface area contributed by atoms with Gasteiger partial charge >= 0.3 is 0 Å². The highest BCUT2D eigenvalue weighted by molar-refractivity contribution is 6.02. The van der Waals surface area contributed by atoms with Crippen molar-refractivity contribution in [2.45, 2.75) is 52.3 Å². The fourth-order valence-corrected chi connectivity index (χ4v) is 3.46. The molecule has 3 rings (SSSR count). The van der Waals surface area contributed by atoms with Crippen LogP contribution >= 0.6 is 0 Å². The summed E-state index contributed by atoms with van der Waals surface area (Å²) in [6.45, 7) is 7.23. The van der Waals surface area contributed by atoms with Gasteiger partial charge in [-0.15, -0.1) is 0 Å². The fraction of sp³-hybridized carbons (Fsp3) is 0.429. The summed E-state index contributed by atoms with van der Waals surface area (Å²) in [4.78, 5) is 32.9. The monoisotopic (exact) mass is 412 g/mol. The smallest absolute Gasteiger partial charge is 0.234 e. The van der Waals surface area contributed by atoms with Crippen molar-refractivity contribution in [2.24, 2.45) is 5.84 Å². The van der Waals surface area contributed by atoms with E-state index in [1.54, 1.807) is 6.20 Å². The van der Waals surface area contributed by atoms with Crippen LogP contribution in [0.1, 0.15) is 39.4 Å². The number of hydrogen-bond donors (Lipinski definition) is 3. The van der Waals surface area contributed by atoms with Crippen LogP contribution in [-0.2, 0) is 27.5 Å². The molecule has 1 aromatic carbocycles. The molecule has 0 fully saturated rings. The molecule has 0 saturated heterocycles. The van der Waals surface area contributed by atoms with Gasteiger partial charge in [0.1, 0.15) is 17.9 Å². The lowest BCUT2D eigenvalue weighted by Gasteiger charge is -2.28. The lowest BCUT2D eigenvalue weighted by Crippen LogP contribution is -2.47. The molecule has 4 N–H and O–H groups in total. The highest BCUT2D eigenvalue weighted by Crippen LogP contribution is 2.26. The number of ether oxygens (including phenoxy) is 1. The van der Waals surface area contributed by atoms with Crippen LogP contribution in [0.2, 0.25) is 0 Å². The average molecular weight is 412 g/mol. The second-order valence-corrected chi connectivity index (χ2v) is 7.76. The number of amides is 2. The summed E-state index contributed by atoms with van der Waals surface area (Å²) in [7, 11) is 0. The molecule has 2 amide bonds. The van der Waals surface area contributed by atoms with Crippen LogP contribution in [0.3, 0.4) is 0 Å². The molecule has 160 valence electrons. The Morgan fingerprint density at radius 2 is 1.90 bits per heavy atom. The Morgan fingerprint density at radius 3 is 2.63 bits per heavy atom. The molecular formula is C21H28N6O3. The standard InChI is InChI=1S/C21H28N6O3/c1-4-30-12-17-24-16-11-23-15-8-6-5-7-14(15)20(16)27(17)13-21(2,3)25-18(28)9-10-19(29)26-22/h5-8,11H,4,9-10,12-13,22H2,1-3H3,(H,25,28)(H,26,29). The number of fused-ring (bicyclic) bond motifs is 3. The number of nitrogens with one attached hydrogen (secondary N) is 2. The van der Waals surface area contributed by atoms with Crippen LogP contribution in [0, 0.1) is 0 Å². The van der Waals surface area contributed by atoms with E-state index in [-0.39, 0.29) is 24.7 Å². The van der Waals surface area contributed by atoms with Crippen LogP contribution in [0.25, 0.3) is 21.9 Å². The molecule has 0 unspecified atom stereocenters. The molecule has 2 heterocycles. The SMILES string of the molecule is CCOCc1nc2cnc3ccccc3c2n1CC(C)(C)NC(=O)CCC(=O)NN. The van der Waals surface area contributed by atoms with E-state index in [0.29, 0.717) is 19.8 Å². The van der Waals surface area contributed by atoms with E-state index in [9.17, 15) is 9.59 Å². The lowest BCUT2D eigenvalue weighted by molar-refractivity contribution is -0.127. The highest BCUT2D eigenvalue weighted by Gasteiger charge is 2.25. The zero-order valence-corrected chi connectivity index (χ0v) is 17.6. The molecule has 0 aliphatic rings. The normalized spacial score (nSPS) is 11.7. The molecule has 0 saturated carbocycles. The first kappa shape index (κ1) is 21.7. The largest absolute Gasteiger partial charge is 0.374 e. The quantitative estimate of drug-likeness (QED) is 0.280. The summed E-state index contributed by atoms with van der Waals surface area (Å²) in [5.74, 6) is 5.25. The molecule has 0 atom stereocenters. The molecule has 0 spiro atoms. The summed E-state index contributed by atoms with van der Waals surface area (Å²) >= 11 is 0. The van der Waals surface area contributed by atoms with Crippen LogP contribution in [0.4, 0.5) is 0 Å². The van der Waals surface area contributed by atoms with Gasteiger partial charge in [-0.1, -0.05) is 18.2 Å². The van der Waals surface area contributed by atoms with Crippen molar-refractivity contribution < 1.29 is 14.3 Å².